The highest BCUT2D eigenvalue weighted by molar-refractivity contribution is 7.98. The predicted octanol–water partition coefficient (Wildman–Crippen LogP) is 4.88. The molecule has 1 aromatic heterocycles. The highest BCUT2D eigenvalue weighted by Crippen LogP contribution is 2.32. The van der Waals surface area contributed by atoms with E-state index in [4.69, 9.17) is 4.74 Å². The van der Waals surface area contributed by atoms with Crippen LogP contribution in [-0.2, 0) is 21.8 Å². The minimum Gasteiger partial charge on any atom is -0.372 e. The van der Waals surface area contributed by atoms with E-state index in [0.29, 0.717) is 19.6 Å². The van der Waals surface area contributed by atoms with Gasteiger partial charge in [-0.2, -0.15) is 0 Å². The Morgan fingerprint density at radius 3 is 2.48 bits per heavy atom. The number of para-hydroxylation sites is 1. The second-order valence-electron chi connectivity index (χ2n) is 7.97. The first kappa shape index (κ1) is 20.0. The molecule has 0 aliphatic carbocycles. The van der Waals surface area contributed by atoms with E-state index in [9.17, 15) is 4.79 Å². The van der Waals surface area contributed by atoms with E-state index in [-0.39, 0.29) is 18.1 Å². The molecule has 29 heavy (non-hydrogen) atoms. The Kier molecular flexibility index (Phi) is 5.97. The van der Waals surface area contributed by atoms with Crippen LogP contribution >= 0.6 is 11.8 Å². The van der Waals surface area contributed by atoms with E-state index in [2.05, 4.69) is 60.2 Å². The Morgan fingerprint density at radius 2 is 1.76 bits per heavy atom. The summed E-state index contributed by atoms with van der Waals surface area (Å²) in [5.74, 6) is 1.07. The molecule has 2 atom stereocenters. The number of morpholine rings is 1. The Balaban J connectivity index is 1.52. The fraction of sp³-hybridized carbons (Fsp3) is 0.375. The number of thioether (sulfide) groups is 1. The summed E-state index contributed by atoms with van der Waals surface area (Å²) in [5, 5.41) is 1.21. The van der Waals surface area contributed by atoms with Crippen LogP contribution in [-0.4, -0.2) is 40.7 Å². The van der Waals surface area contributed by atoms with Gasteiger partial charge in [0.1, 0.15) is 6.54 Å². The lowest BCUT2D eigenvalue weighted by molar-refractivity contribution is -0.143. The fourth-order valence-corrected chi connectivity index (χ4v) is 4.98. The summed E-state index contributed by atoms with van der Waals surface area (Å²) in [6.07, 6.45) is 2.31. The molecule has 0 saturated carbocycles. The van der Waals surface area contributed by atoms with Crippen molar-refractivity contribution in [3.05, 3.63) is 65.9 Å². The number of rotatable bonds is 5. The van der Waals surface area contributed by atoms with Crippen LogP contribution in [0.25, 0.3) is 10.9 Å². The van der Waals surface area contributed by atoms with E-state index in [1.165, 1.54) is 21.4 Å². The Bertz CT molecular complexity index is 986. The first-order valence-electron chi connectivity index (χ1n) is 10.2. The van der Waals surface area contributed by atoms with Crippen molar-refractivity contribution in [2.75, 3.05) is 13.1 Å². The molecule has 3 aromatic rings. The number of aryl methyl sites for hydroxylation is 1. The molecule has 0 spiro atoms. The van der Waals surface area contributed by atoms with Gasteiger partial charge in [-0.3, -0.25) is 4.79 Å². The van der Waals surface area contributed by atoms with Crippen molar-refractivity contribution in [3.8, 4) is 0 Å². The summed E-state index contributed by atoms with van der Waals surface area (Å²) in [5.41, 5.74) is 3.70. The number of carbonyl (C=O) groups excluding carboxylic acids is 1. The van der Waals surface area contributed by atoms with Gasteiger partial charge in [0.15, 0.2) is 0 Å². The van der Waals surface area contributed by atoms with Gasteiger partial charge in [-0.1, -0.05) is 48.0 Å². The van der Waals surface area contributed by atoms with Crippen LogP contribution < -0.4 is 0 Å². The largest absolute Gasteiger partial charge is 0.372 e. The Morgan fingerprint density at radius 1 is 1.07 bits per heavy atom. The maximum atomic E-state index is 13.0. The van der Waals surface area contributed by atoms with Gasteiger partial charge in [-0.25, -0.2) is 0 Å². The third-order valence-electron chi connectivity index (χ3n) is 5.34. The van der Waals surface area contributed by atoms with Gasteiger partial charge in [0.25, 0.3) is 0 Å². The fourth-order valence-electron chi connectivity index (χ4n) is 3.93. The minimum atomic E-state index is 0.0877. The zero-order valence-corrected chi connectivity index (χ0v) is 18.1. The summed E-state index contributed by atoms with van der Waals surface area (Å²) in [7, 11) is 0. The van der Waals surface area contributed by atoms with Crippen molar-refractivity contribution in [2.45, 2.75) is 50.2 Å². The third-order valence-corrected chi connectivity index (χ3v) is 6.46. The van der Waals surface area contributed by atoms with Crippen molar-refractivity contribution < 1.29 is 9.53 Å². The van der Waals surface area contributed by atoms with Crippen LogP contribution in [0, 0.1) is 6.92 Å². The number of aromatic nitrogens is 1. The monoisotopic (exact) mass is 408 g/mol. The molecular weight excluding hydrogens is 380 g/mol. The number of hydrogen-bond donors (Lipinski definition) is 0. The lowest BCUT2D eigenvalue weighted by atomic mass is 10.2. The van der Waals surface area contributed by atoms with E-state index >= 15 is 0 Å². The summed E-state index contributed by atoms with van der Waals surface area (Å²) < 4.78 is 7.87. The van der Waals surface area contributed by atoms with Gasteiger partial charge in [-0.05, 0) is 32.4 Å². The maximum absolute atomic E-state index is 13.0. The van der Waals surface area contributed by atoms with Crippen molar-refractivity contribution >= 4 is 28.6 Å². The quantitative estimate of drug-likeness (QED) is 0.565. The molecule has 5 heteroatoms. The Hall–Kier alpha value is -2.24. The average molecular weight is 409 g/mol. The highest BCUT2D eigenvalue weighted by Gasteiger charge is 2.26. The zero-order chi connectivity index (χ0) is 20.4. The number of ether oxygens (including phenoxy) is 1. The normalized spacial score (nSPS) is 19.6. The molecule has 1 aliphatic rings. The number of hydrogen-bond acceptors (Lipinski definition) is 3. The molecule has 1 saturated heterocycles. The zero-order valence-electron chi connectivity index (χ0n) is 17.3. The van der Waals surface area contributed by atoms with Gasteiger partial charge in [0.2, 0.25) is 5.91 Å². The predicted molar refractivity (Wildman–Crippen MR) is 119 cm³/mol. The van der Waals surface area contributed by atoms with Crippen LogP contribution in [0.2, 0.25) is 0 Å². The first-order valence-corrected chi connectivity index (χ1v) is 11.2. The molecule has 0 N–H and O–H groups in total. The van der Waals surface area contributed by atoms with Crippen LogP contribution in [0.4, 0.5) is 0 Å². The number of nitrogens with zero attached hydrogens (tertiary/aromatic N) is 2. The van der Waals surface area contributed by atoms with Gasteiger partial charge < -0.3 is 14.2 Å². The van der Waals surface area contributed by atoms with E-state index in [0.717, 1.165) is 11.3 Å². The summed E-state index contributed by atoms with van der Waals surface area (Å²) >= 11 is 1.83. The highest BCUT2D eigenvalue weighted by atomic mass is 32.2. The van der Waals surface area contributed by atoms with Gasteiger partial charge >= 0.3 is 0 Å². The van der Waals surface area contributed by atoms with Crippen molar-refractivity contribution in [3.63, 3.8) is 0 Å². The number of amides is 1. The second kappa shape index (κ2) is 8.64. The van der Waals surface area contributed by atoms with Gasteiger partial charge in [-0.15, -0.1) is 11.8 Å². The van der Waals surface area contributed by atoms with Crippen molar-refractivity contribution in [2.24, 2.45) is 0 Å². The maximum Gasteiger partial charge on any atom is 0.242 e. The lowest BCUT2D eigenvalue weighted by Gasteiger charge is -2.35. The van der Waals surface area contributed by atoms with E-state index in [1.807, 2.05) is 36.6 Å². The van der Waals surface area contributed by atoms with E-state index in [1.54, 1.807) is 0 Å². The van der Waals surface area contributed by atoms with Crippen LogP contribution in [0.5, 0.6) is 0 Å². The lowest BCUT2D eigenvalue weighted by Crippen LogP contribution is -2.49. The summed E-state index contributed by atoms with van der Waals surface area (Å²) in [6.45, 7) is 7.86. The number of carbonyl (C=O) groups is 1. The standard InChI is InChI=1S/C24H28N2O2S/c1-17-8-10-20(11-9-17)16-29-23-14-25(22-7-5-4-6-21(22)23)15-24(27)26-12-18(2)28-19(3)13-26/h4-11,14,18-19H,12-13,15-16H2,1-3H3/t18-,19+. The van der Waals surface area contributed by atoms with E-state index < -0.39 is 0 Å². The number of benzene rings is 2. The topological polar surface area (TPSA) is 34.5 Å². The molecule has 0 radical (unpaired) electrons. The molecule has 4 rings (SSSR count). The average Bonchev–Trinajstić information content (AvgIpc) is 3.04. The van der Waals surface area contributed by atoms with Crippen LogP contribution in [0.1, 0.15) is 25.0 Å². The van der Waals surface area contributed by atoms with Crippen molar-refractivity contribution in [1.29, 1.82) is 0 Å². The van der Waals surface area contributed by atoms with Crippen LogP contribution in [0.15, 0.2) is 59.6 Å². The molecule has 0 bridgehead atoms. The van der Waals surface area contributed by atoms with Gasteiger partial charge in [0.05, 0.1) is 12.2 Å². The summed E-state index contributed by atoms with van der Waals surface area (Å²) in [4.78, 5) is 16.1. The molecule has 1 fully saturated rings. The first-order chi connectivity index (χ1) is 14.0. The molecule has 2 aromatic carbocycles. The summed E-state index contributed by atoms with van der Waals surface area (Å²) in [6, 6.07) is 17.0. The van der Waals surface area contributed by atoms with Crippen LogP contribution in [0.3, 0.4) is 0 Å². The molecule has 0 unspecified atom stereocenters. The smallest absolute Gasteiger partial charge is 0.242 e. The second-order valence-corrected chi connectivity index (χ2v) is 8.99. The number of fused-ring (bicyclic) bond motifs is 1. The molecule has 152 valence electrons. The molecule has 2 heterocycles. The molecule has 1 amide bonds. The molecule has 1 aliphatic heterocycles. The van der Waals surface area contributed by atoms with Gasteiger partial charge in [0, 0.05) is 40.8 Å². The third kappa shape index (κ3) is 4.68. The molecular formula is C24H28N2O2S. The SMILES string of the molecule is Cc1ccc(CSc2cn(CC(=O)N3C[C@@H](C)O[C@@H](C)C3)c3ccccc23)cc1. The Labute approximate surface area is 176 Å². The molecule has 4 nitrogen and oxygen atoms in total. The minimum absolute atomic E-state index is 0.0877. The van der Waals surface area contributed by atoms with Crippen molar-refractivity contribution in [1.82, 2.24) is 9.47 Å².